The van der Waals surface area contributed by atoms with Crippen LogP contribution in [0.15, 0.2) is 12.2 Å². The minimum Gasteiger partial charge on any atom is -0.460 e. The highest BCUT2D eigenvalue weighted by Crippen LogP contribution is 2.08. The summed E-state index contributed by atoms with van der Waals surface area (Å²) in [5.41, 5.74) is 0.381. The van der Waals surface area contributed by atoms with E-state index < -0.39 is 5.97 Å². The van der Waals surface area contributed by atoms with Crippen molar-refractivity contribution in [3.8, 4) is 0 Å². The van der Waals surface area contributed by atoms with E-state index in [0.29, 0.717) is 78.2 Å². The summed E-state index contributed by atoms with van der Waals surface area (Å²) in [6.07, 6.45) is 10.5. The molecule has 0 unspecified atom stereocenters. The van der Waals surface area contributed by atoms with Gasteiger partial charge < -0.3 is 33.2 Å². The van der Waals surface area contributed by atoms with Crippen molar-refractivity contribution in [1.82, 2.24) is 0 Å². The van der Waals surface area contributed by atoms with Gasteiger partial charge in [0.1, 0.15) is 6.61 Å². The van der Waals surface area contributed by atoms with Crippen molar-refractivity contribution < 1.29 is 38.0 Å². The lowest BCUT2D eigenvalue weighted by molar-refractivity contribution is -0.140. The molecule has 0 saturated heterocycles. The minimum atomic E-state index is -0.400. The van der Waals surface area contributed by atoms with Crippen molar-refractivity contribution in [2.75, 3.05) is 85.9 Å². The van der Waals surface area contributed by atoms with Gasteiger partial charge in [-0.3, -0.25) is 0 Å². The Balaban J connectivity index is 3.05. The van der Waals surface area contributed by atoms with Gasteiger partial charge >= 0.3 is 5.97 Å². The Kier molecular flexibility index (Phi) is 27.4. The summed E-state index contributed by atoms with van der Waals surface area (Å²) in [7, 11) is 0. The molecule has 0 N–H and O–H groups in total. The highest BCUT2D eigenvalue weighted by atomic mass is 16.6. The van der Waals surface area contributed by atoms with Gasteiger partial charge in [0.2, 0.25) is 0 Å². The SMILES string of the molecule is C=C(C)C(=O)OCCOCCOCCOCCOCCOCCOCCCCCCCCCC. The third-order valence-corrected chi connectivity index (χ3v) is 4.81. The smallest absolute Gasteiger partial charge is 0.333 e. The lowest BCUT2D eigenvalue weighted by atomic mass is 10.1. The highest BCUT2D eigenvalue weighted by Gasteiger charge is 2.01. The zero-order chi connectivity index (χ0) is 25.0. The Morgan fingerprint density at radius 1 is 0.500 bits per heavy atom. The van der Waals surface area contributed by atoms with E-state index >= 15 is 0 Å². The fourth-order valence-corrected chi connectivity index (χ4v) is 2.86. The highest BCUT2D eigenvalue weighted by molar-refractivity contribution is 5.86. The second-order valence-electron chi connectivity index (χ2n) is 8.07. The number of carbonyl (C=O) groups is 1. The van der Waals surface area contributed by atoms with Crippen LogP contribution in [0.25, 0.3) is 0 Å². The van der Waals surface area contributed by atoms with Crippen LogP contribution in [0.1, 0.15) is 65.2 Å². The number of rotatable bonds is 28. The monoisotopic (exact) mass is 490 g/mol. The molecule has 0 bridgehead atoms. The van der Waals surface area contributed by atoms with Gasteiger partial charge in [0.15, 0.2) is 0 Å². The van der Waals surface area contributed by atoms with Crippen LogP contribution in [0.5, 0.6) is 0 Å². The molecule has 0 amide bonds. The summed E-state index contributed by atoms with van der Waals surface area (Å²) in [4.78, 5) is 11.1. The molecular formula is C26H50O8. The molecule has 0 fully saturated rings. The van der Waals surface area contributed by atoms with Gasteiger partial charge in [0.05, 0.1) is 72.7 Å². The first-order chi connectivity index (χ1) is 16.7. The first-order valence-electron chi connectivity index (χ1n) is 13.0. The molecule has 0 aliphatic carbocycles. The fraction of sp³-hybridized carbons (Fsp3) is 0.885. The van der Waals surface area contributed by atoms with Crippen LogP contribution < -0.4 is 0 Å². The first-order valence-corrected chi connectivity index (χ1v) is 13.0. The Labute approximate surface area is 207 Å². The average molecular weight is 491 g/mol. The molecule has 0 rings (SSSR count). The van der Waals surface area contributed by atoms with Crippen LogP contribution in [-0.4, -0.2) is 91.9 Å². The number of carbonyl (C=O) groups excluding carboxylic acids is 1. The van der Waals surface area contributed by atoms with Gasteiger partial charge in [0.25, 0.3) is 0 Å². The predicted octanol–water partition coefficient (Wildman–Crippen LogP) is 4.35. The topological polar surface area (TPSA) is 81.7 Å². The van der Waals surface area contributed by atoms with Gasteiger partial charge in [-0.2, -0.15) is 0 Å². The average Bonchev–Trinajstić information content (AvgIpc) is 2.83. The van der Waals surface area contributed by atoms with Gasteiger partial charge in [-0.15, -0.1) is 0 Å². The lowest BCUT2D eigenvalue weighted by Crippen LogP contribution is -2.15. The summed E-state index contributed by atoms with van der Waals surface area (Å²) in [5, 5.41) is 0. The summed E-state index contributed by atoms with van der Waals surface area (Å²) in [6, 6.07) is 0. The molecule has 0 aromatic carbocycles. The van der Waals surface area contributed by atoms with E-state index in [-0.39, 0.29) is 6.61 Å². The molecule has 0 aromatic rings. The third-order valence-electron chi connectivity index (χ3n) is 4.81. The maximum Gasteiger partial charge on any atom is 0.333 e. The van der Waals surface area contributed by atoms with E-state index in [4.69, 9.17) is 33.2 Å². The van der Waals surface area contributed by atoms with Gasteiger partial charge in [-0.25, -0.2) is 4.79 Å². The van der Waals surface area contributed by atoms with Gasteiger partial charge in [-0.1, -0.05) is 58.4 Å². The van der Waals surface area contributed by atoms with Crippen LogP contribution in [-0.2, 0) is 38.0 Å². The Bertz CT molecular complexity index is 445. The lowest BCUT2D eigenvalue weighted by Gasteiger charge is -2.08. The zero-order valence-electron chi connectivity index (χ0n) is 21.8. The predicted molar refractivity (Wildman–Crippen MR) is 133 cm³/mol. The number of esters is 1. The van der Waals surface area contributed by atoms with Crippen LogP contribution in [0, 0.1) is 0 Å². The molecule has 0 spiro atoms. The number of ether oxygens (including phenoxy) is 7. The van der Waals surface area contributed by atoms with Crippen LogP contribution in [0.4, 0.5) is 0 Å². The third kappa shape index (κ3) is 27.2. The Morgan fingerprint density at radius 2 is 0.824 bits per heavy atom. The van der Waals surface area contributed by atoms with Crippen LogP contribution in [0.2, 0.25) is 0 Å². The van der Waals surface area contributed by atoms with Crippen molar-refractivity contribution in [3.05, 3.63) is 12.2 Å². The van der Waals surface area contributed by atoms with E-state index in [1.807, 2.05) is 0 Å². The maximum atomic E-state index is 11.1. The molecule has 34 heavy (non-hydrogen) atoms. The quantitative estimate of drug-likeness (QED) is 0.0910. The summed E-state index contributed by atoms with van der Waals surface area (Å²) in [6.45, 7) is 14.1. The number of hydrogen-bond acceptors (Lipinski definition) is 8. The molecule has 8 nitrogen and oxygen atoms in total. The van der Waals surface area contributed by atoms with E-state index in [1.54, 1.807) is 6.92 Å². The van der Waals surface area contributed by atoms with E-state index in [2.05, 4.69) is 13.5 Å². The van der Waals surface area contributed by atoms with Crippen LogP contribution >= 0.6 is 0 Å². The largest absolute Gasteiger partial charge is 0.460 e. The molecular weight excluding hydrogens is 440 g/mol. The number of hydrogen-bond donors (Lipinski definition) is 0. The maximum absolute atomic E-state index is 11.1. The van der Waals surface area contributed by atoms with Crippen molar-refractivity contribution in [2.24, 2.45) is 0 Å². The molecule has 0 saturated carbocycles. The fourth-order valence-electron chi connectivity index (χ4n) is 2.86. The van der Waals surface area contributed by atoms with Crippen molar-refractivity contribution in [1.29, 1.82) is 0 Å². The first kappa shape index (κ1) is 33.0. The molecule has 0 radical (unpaired) electrons. The summed E-state index contributed by atoms with van der Waals surface area (Å²) in [5.74, 6) is -0.400. The van der Waals surface area contributed by atoms with Crippen molar-refractivity contribution >= 4 is 5.97 Å². The van der Waals surface area contributed by atoms with Crippen molar-refractivity contribution in [2.45, 2.75) is 65.2 Å². The van der Waals surface area contributed by atoms with E-state index in [0.717, 1.165) is 13.0 Å². The van der Waals surface area contributed by atoms with Crippen molar-refractivity contribution in [3.63, 3.8) is 0 Å². The van der Waals surface area contributed by atoms with E-state index in [1.165, 1.54) is 44.9 Å². The van der Waals surface area contributed by atoms with Gasteiger partial charge in [-0.05, 0) is 13.3 Å². The second kappa shape index (κ2) is 28.2. The Morgan fingerprint density at radius 3 is 1.21 bits per heavy atom. The number of unbranched alkanes of at least 4 members (excludes halogenated alkanes) is 7. The Hall–Kier alpha value is -1.03. The van der Waals surface area contributed by atoms with E-state index in [9.17, 15) is 4.79 Å². The normalized spacial score (nSPS) is 11.1. The standard InChI is InChI=1S/C26H50O8/c1-4-5-6-7-8-9-10-11-12-28-13-14-29-15-16-30-17-18-31-19-20-32-21-22-33-23-24-34-26(27)25(2)3/h2,4-24H2,1,3H3. The molecule has 202 valence electrons. The molecule has 0 atom stereocenters. The second-order valence-corrected chi connectivity index (χ2v) is 8.07. The molecule has 0 aliphatic rings. The molecule has 0 aromatic heterocycles. The summed E-state index contributed by atoms with van der Waals surface area (Å²) < 4.78 is 37.6. The molecule has 8 heteroatoms. The van der Waals surface area contributed by atoms with Crippen LogP contribution in [0.3, 0.4) is 0 Å². The molecule has 0 aliphatic heterocycles. The summed E-state index contributed by atoms with van der Waals surface area (Å²) >= 11 is 0. The zero-order valence-corrected chi connectivity index (χ0v) is 21.8. The molecule has 0 heterocycles. The van der Waals surface area contributed by atoms with Gasteiger partial charge in [0, 0.05) is 12.2 Å². The minimum absolute atomic E-state index is 0.215.